The van der Waals surface area contributed by atoms with Crippen molar-refractivity contribution in [2.45, 2.75) is 5.60 Å². The summed E-state index contributed by atoms with van der Waals surface area (Å²) < 4.78 is 40.6. The third kappa shape index (κ3) is 1.88. The number of halogens is 2. The van der Waals surface area contributed by atoms with Gasteiger partial charge in [-0.1, -0.05) is 0 Å². The lowest BCUT2D eigenvalue weighted by atomic mass is 9.77. The Morgan fingerprint density at radius 2 is 1.37 bits per heavy atom. The Morgan fingerprint density at radius 3 is 1.96 bits per heavy atom. The normalized spacial score (nSPS) is 15.6. The number of carbonyl (C=O) groups is 1. The fourth-order valence-corrected chi connectivity index (χ4v) is 3.75. The molecule has 0 unspecified atom stereocenters. The second-order valence-corrected chi connectivity index (χ2v) is 6.31. The van der Waals surface area contributed by atoms with Gasteiger partial charge in [0, 0.05) is 23.3 Å². The molecular formula is C20H10F2O5. The molecule has 0 bridgehead atoms. The maximum absolute atomic E-state index is 14.9. The summed E-state index contributed by atoms with van der Waals surface area (Å²) in [6.45, 7) is 0. The summed E-state index contributed by atoms with van der Waals surface area (Å²) in [5, 5.41) is 19.6. The molecule has 2 heterocycles. The van der Waals surface area contributed by atoms with Gasteiger partial charge < -0.3 is 19.7 Å². The maximum atomic E-state index is 14.9. The zero-order chi connectivity index (χ0) is 18.9. The second-order valence-electron chi connectivity index (χ2n) is 6.31. The van der Waals surface area contributed by atoms with Crippen LogP contribution in [0.15, 0.2) is 48.5 Å². The van der Waals surface area contributed by atoms with Crippen LogP contribution >= 0.6 is 0 Å². The third-order valence-electron chi connectivity index (χ3n) is 4.81. The van der Waals surface area contributed by atoms with Gasteiger partial charge in [-0.2, -0.15) is 0 Å². The first-order valence-electron chi connectivity index (χ1n) is 7.98. The summed E-state index contributed by atoms with van der Waals surface area (Å²) in [5.74, 6) is -2.80. The number of carbonyl (C=O) groups excluding carboxylic acids is 1. The third-order valence-corrected chi connectivity index (χ3v) is 4.81. The Labute approximate surface area is 151 Å². The van der Waals surface area contributed by atoms with Gasteiger partial charge in [0.05, 0.1) is 5.56 Å². The molecule has 27 heavy (non-hydrogen) atoms. The molecule has 0 amide bonds. The van der Waals surface area contributed by atoms with Crippen LogP contribution in [-0.4, -0.2) is 16.2 Å². The molecule has 0 saturated heterocycles. The molecule has 3 aromatic rings. The van der Waals surface area contributed by atoms with Gasteiger partial charge in [-0.3, -0.25) is 0 Å². The lowest BCUT2D eigenvalue weighted by Crippen LogP contribution is -2.33. The van der Waals surface area contributed by atoms with Gasteiger partial charge in [0.15, 0.2) is 5.60 Å². The molecule has 2 aliphatic heterocycles. The number of ether oxygens (including phenoxy) is 2. The Morgan fingerprint density at radius 1 is 0.815 bits per heavy atom. The second kappa shape index (κ2) is 4.97. The largest absolute Gasteiger partial charge is 0.508 e. The molecule has 2 aliphatic rings. The van der Waals surface area contributed by atoms with Crippen LogP contribution in [-0.2, 0) is 10.3 Å². The fourth-order valence-electron chi connectivity index (χ4n) is 3.75. The van der Waals surface area contributed by atoms with Crippen molar-refractivity contribution in [1.82, 2.24) is 0 Å². The van der Waals surface area contributed by atoms with Gasteiger partial charge in [0.25, 0.3) is 0 Å². The van der Waals surface area contributed by atoms with Crippen LogP contribution in [0.3, 0.4) is 0 Å². The van der Waals surface area contributed by atoms with Crippen molar-refractivity contribution in [2.24, 2.45) is 0 Å². The monoisotopic (exact) mass is 368 g/mol. The van der Waals surface area contributed by atoms with E-state index in [-0.39, 0.29) is 39.7 Å². The van der Waals surface area contributed by atoms with E-state index in [2.05, 4.69) is 0 Å². The molecule has 0 radical (unpaired) electrons. The molecule has 2 N–H and O–H groups in total. The van der Waals surface area contributed by atoms with Gasteiger partial charge in [-0.05, 0) is 36.4 Å². The number of fused-ring (bicyclic) bond motifs is 6. The first kappa shape index (κ1) is 15.6. The number of aromatic hydroxyl groups is 2. The van der Waals surface area contributed by atoms with Crippen molar-refractivity contribution in [1.29, 1.82) is 0 Å². The number of benzene rings is 3. The highest BCUT2D eigenvalue weighted by Gasteiger charge is 2.56. The fraction of sp³-hybridized carbons (Fsp3) is 0.0500. The molecule has 0 atom stereocenters. The van der Waals surface area contributed by atoms with Crippen molar-refractivity contribution in [2.75, 3.05) is 0 Å². The highest BCUT2D eigenvalue weighted by molar-refractivity contribution is 5.97. The summed E-state index contributed by atoms with van der Waals surface area (Å²) in [6, 6.07) is 9.84. The Hall–Kier alpha value is -3.61. The summed E-state index contributed by atoms with van der Waals surface area (Å²) in [4.78, 5) is 12.5. The van der Waals surface area contributed by atoms with Gasteiger partial charge in [0.1, 0.15) is 40.2 Å². The van der Waals surface area contributed by atoms with Crippen LogP contribution < -0.4 is 4.74 Å². The standard InChI is InChI=1S/C20H10F2O5/c21-13-5-6-14(22)18-17(13)19(25)27-20(18)11-3-1-9(23)7-15(11)26-16-8-10(24)2-4-12(16)20/h1-8,23-24H. The van der Waals surface area contributed by atoms with E-state index in [1.165, 1.54) is 36.4 Å². The highest BCUT2D eigenvalue weighted by Crippen LogP contribution is 2.57. The molecule has 7 heteroatoms. The Kier molecular flexibility index (Phi) is 2.88. The van der Waals surface area contributed by atoms with Crippen molar-refractivity contribution in [3.05, 3.63) is 82.4 Å². The quantitative estimate of drug-likeness (QED) is 0.588. The van der Waals surface area contributed by atoms with E-state index in [1.807, 2.05) is 0 Å². The molecule has 3 aromatic carbocycles. The minimum Gasteiger partial charge on any atom is -0.508 e. The first-order chi connectivity index (χ1) is 12.9. The summed E-state index contributed by atoms with van der Waals surface area (Å²) in [5.41, 5.74) is -2.10. The molecule has 0 saturated carbocycles. The van der Waals surface area contributed by atoms with E-state index in [0.717, 1.165) is 12.1 Å². The minimum absolute atomic E-state index is 0.0948. The maximum Gasteiger partial charge on any atom is 0.343 e. The van der Waals surface area contributed by atoms with Crippen LogP contribution in [0, 0.1) is 11.6 Å². The van der Waals surface area contributed by atoms with E-state index in [9.17, 15) is 23.8 Å². The Bertz CT molecular complexity index is 1100. The SMILES string of the molecule is O=C1OC2(c3ccc(O)cc3Oc3cc(O)ccc32)c2c(F)ccc(F)c21. The number of rotatable bonds is 0. The molecule has 0 fully saturated rings. The van der Waals surface area contributed by atoms with Crippen LogP contribution in [0.25, 0.3) is 0 Å². The van der Waals surface area contributed by atoms with Crippen LogP contribution in [0.1, 0.15) is 27.0 Å². The molecule has 0 aliphatic carbocycles. The van der Waals surface area contributed by atoms with Gasteiger partial charge in [-0.25, -0.2) is 13.6 Å². The number of hydrogen-bond acceptors (Lipinski definition) is 5. The molecule has 1 spiro atoms. The average molecular weight is 368 g/mol. The number of esters is 1. The number of phenolic OH excluding ortho intramolecular Hbond substituents is 2. The predicted molar refractivity (Wildman–Crippen MR) is 87.9 cm³/mol. The molecule has 5 nitrogen and oxygen atoms in total. The topological polar surface area (TPSA) is 76.0 Å². The number of hydrogen-bond donors (Lipinski definition) is 2. The van der Waals surface area contributed by atoms with Crippen LogP contribution in [0.2, 0.25) is 0 Å². The highest BCUT2D eigenvalue weighted by atomic mass is 19.1. The molecule has 134 valence electrons. The zero-order valence-electron chi connectivity index (χ0n) is 13.5. The zero-order valence-corrected chi connectivity index (χ0v) is 13.5. The lowest BCUT2D eigenvalue weighted by Gasteiger charge is -2.36. The van der Waals surface area contributed by atoms with Crippen molar-refractivity contribution in [3.8, 4) is 23.0 Å². The van der Waals surface area contributed by atoms with Crippen LogP contribution in [0.4, 0.5) is 8.78 Å². The molecule has 5 rings (SSSR count). The van der Waals surface area contributed by atoms with E-state index in [1.54, 1.807) is 0 Å². The molecular weight excluding hydrogens is 358 g/mol. The number of phenols is 2. The Balaban J connectivity index is 1.95. The van der Waals surface area contributed by atoms with Gasteiger partial charge in [-0.15, -0.1) is 0 Å². The van der Waals surface area contributed by atoms with Crippen LogP contribution in [0.5, 0.6) is 23.0 Å². The summed E-state index contributed by atoms with van der Waals surface area (Å²) in [6.07, 6.45) is 0. The predicted octanol–water partition coefficient (Wildman–Crippen LogP) is 3.94. The summed E-state index contributed by atoms with van der Waals surface area (Å²) in [7, 11) is 0. The average Bonchev–Trinajstić information content (AvgIpc) is 2.93. The van der Waals surface area contributed by atoms with Crippen molar-refractivity contribution >= 4 is 5.97 Å². The van der Waals surface area contributed by atoms with E-state index >= 15 is 0 Å². The van der Waals surface area contributed by atoms with Crippen molar-refractivity contribution < 1.29 is 33.3 Å². The van der Waals surface area contributed by atoms with Gasteiger partial charge in [0.2, 0.25) is 0 Å². The minimum atomic E-state index is -1.80. The smallest absolute Gasteiger partial charge is 0.343 e. The first-order valence-corrected chi connectivity index (χ1v) is 7.98. The summed E-state index contributed by atoms with van der Waals surface area (Å²) >= 11 is 0. The van der Waals surface area contributed by atoms with Gasteiger partial charge >= 0.3 is 5.97 Å². The lowest BCUT2D eigenvalue weighted by molar-refractivity contribution is 0.0216. The van der Waals surface area contributed by atoms with E-state index in [0.29, 0.717) is 0 Å². The molecule has 0 aromatic heterocycles. The van der Waals surface area contributed by atoms with E-state index < -0.39 is 28.8 Å². The van der Waals surface area contributed by atoms with Crippen molar-refractivity contribution in [3.63, 3.8) is 0 Å². The van der Waals surface area contributed by atoms with E-state index in [4.69, 9.17) is 9.47 Å².